The number of esters is 2. The van der Waals surface area contributed by atoms with Crippen LogP contribution in [0.3, 0.4) is 0 Å². The number of amides is 2. The van der Waals surface area contributed by atoms with Crippen molar-refractivity contribution in [3.8, 4) is 23.0 Å². The van der Waals surface area contributed by atoms with Gasteiger partial charge in [-0.25, -0.2) is 9.59 Å². The molecular formula is C56H66N2O12. The third kappa shape index (κ3) is 12.9. The van der Waals surface area contributed by atoms with Crippen molar-refractivity contribution < 1.29 is 57.9 Å². The second-order valence-electron chi connectivity index (χ2n) is 18.9. The summed E-state index contributed by atoms with van der Waals surface area (Å²) in [7, 11) is 0. The number of carbonyl (C=O) groups is 6. The third-order valence-corrected chi connectivity index (χ3v) is 14.0. The van der Waals surface area contributed by atoms with Gasteiger partial charge in [-0.1, -0.05) is 113 Å². The normalized spacial score (nSPS) is 20.1. The molecule has 0 saturated heterocycles. The van der Waals surface area contributed by atoms with Gasteiger partial charge in [0.15, 0.2) is 0 Å². The van der Waals surface area contributed by atoms with Crippen LogP contribution in [0.5, 0.6) is 23.0 Å². The van der Waals surface area contributed by atoms with Crippen LogP contribution in [-0.2, 0) is 51.3 Å². The average molecular weight is 959 g/mol. The standard InChI is InChI=1S/C56H66N2O12/c1-3-33-57(35-37-25-29-43(30-26-37)67-41-21-13-7-14-22-41)51(59)45-46(52(60)58(34-4-2)36-38-27-31-44(32-28-38)68-42-23-15-8-16-24-42)48(56(66)70-50(54(63)64)40-19-11-6-12-20-40)47(45)55(65)69-49(53(61)62)39-17-9-5-10-18-39/h7-8,13-16,21-32,39-40,45-50H,3-6,9-12,17-20,33-36H2,1-2H3,(H,61,62)(H,63,64)/t45-,46-,47-,48-,49?,50?/m1/s1. The van der Waals surface area contributed by atoms with Crippen molar-refractivity contribution in [3.63, 3.8) is 0 Å². The van der Waals surface area contributed by atoms with E-state index in [4.69, 9.17) is 18.9 Å². The van der Waals surface area contributed by atoms with E-state index in [2.05, 4.69) is 0 Å². The Balaban J connectivity index is 1.25. The lowest BCUT2D eigenvalue weighted by atomic mass is 9.55. The second kappa shape index (κ2) is 24.7. The summed E-state index contributed by atoms with van der Waals surface area (Å²) >= 11 is 0. The van der Waals surface area contributed by atoms with Crippen LogP contribution in [0.4, 0.5) is 0 Å². The van der Waals surface area contributed by atoms with Crippen LogP contribution in [0.2, 0.25) is 0 Å². The number of aliphatic carboxylic acids is 2. The molecule has 7 rings (SSSR count). The number of hydrogen-bond acceptors (Lipinski definition) is 10. The van der Waals surface area contributed by atoms with Crippen molar-refractivity contribution in [2.24, 2.45) is 35.5 Å². The highest BCUT2D eigenvalue weighted by atomic mass is 16.6. The summed E-state index contributed by atoms with van der Waals surface area (Å²) in [6.45, 7) is 4.37. The summed E-state index contributed by atoms with van der Waals surface area (Å²) in [5, 5.41) is 20.9. The van der Waals surface area contributed by atoms with Gasteiger partial charge < -0.3 is 39.0 Å². The quantitative estimate of drug-likeness (QED) is 0.0711. The van der Waals surface area contributed by atoms with Gasteiger partial charge >= 0.3 is 23.9 Å². The van der Waals surface area contributed by atoms with Crippen molar-refractivity contribution in [2.75, 3.05) is 13.1 Å². The van der Waals surface area contributed by atoms with Crippen molar-refractivity contribution in [1.29, 1.82) is 0 Å². The fourth-order valence-electron chi connectivity index (χ4n) is 10.4. The Hall–Kier alpha value is -6.70. The fourth-order valence-corrected chi connectivity index (χ4v) is 10.4. The minimum Gasteiger partial charge on any atom is -0.478 e. The lowest BCUT2D eigenvalue weighted by molar-refractivity contribution is -0.202. The molecule has 2 unspecified atom stereocenters. The lowest BCUT2D eigenvalue weighted by Gasteiger charge is -2.50. The molecule has 0 aliphatic heterocycles. The molecule has 372 valence electrons. The first-order valence-electron chi connectivity index (χ1n) is 25.0. The Bertz CT molecular complexity index is 2200. The molecule has 3 aliphatic rings. The molecule has 0 spiro atoms. The molecule has 0 heterocycles. The summed E-state index contributed by atoms with van der Waals surface area (Å²) in [5.41, 5.74) is 1.46. The Morgan fingerprint density at radius 2 is 0.800 bits per heavy atom. The van der Waals surface area contributed by atoms with Gasteiger partial charge in [0.2, 0.25) is 24.0 Å². The Kier molecular flexibility index (Phi) is 18.1. The predicted octanol–water partition coefficient (Wildman–Crippen LogP) is 10.1. The molecule has 3 aliphatic carbocycles. The molecule has 70 heavy (non-hydrogen) atoms. The van der Waals surface area contributed by atoms with Gasteiger partial charge in [0.25, 0.3) is 0 Å². The van der Waals surface area contributed by atoms with Gasteiger partial charge in [0, 0.05) is 38.0 Å². The SMILES string of the molecule is CCCN(Cc1ccc(Oc2ccccc2)cc1)C(=O)[C@H]1[C@@H](C(=O)OC(C(=O)O)C2CCCCC2)[C@H](C(=O)OC(C(=O)O)C2CCCCC2)[C@@H]1C(=O)N(CCC)Cc1ccc(Oc2ccccc2)cc1. The van der Waals surface area contributed by atoms with Gasteiger partial charge in [0.1, 0.15) is 23.0 Å². The molecule has 0 bridgehead atoms. The van der Waals surface area contributed by atoms with Crippen molar-refractivity contribution >= 4 is 35.7 Å². The van der Waals surface area contributed by atoms with E-state index in [9.17, 15) is 29.4 Å². The summed E-state index contributed by atoms with van der Waals surface area (Å²) < 4.78 is 23.8. The number of carbonyl (C=O) groups excluding carboxylic acids is 4. The number of nitrogens with zero attached hydrogens (tertiary/aromatic N) is 2. The summed E-state index contributed by atoms with van der Waals surface area (Å²) in [4.78, 5) is 89.3. The van der Waals surface area contributed by atoms with Crippen molar-refractivity contribution in [2.45, 2.75) is 116 Å². The number of benzene rings is 4. The number of hydrogen-bond donors (Lipinski definition) is 2. The monoisotopic (exact) mass is 958 g/mol. The maximum atomic E-state index is 15.4. The highest BCUT2D eigenvalue weighted by Gasteiger charge is 2.66. The van der Waals surface area contributed by atoms with E-state index in [1.165, 1.54) is 0 Å². The topological polar surface area (TPSA) is 186 Å². The second-order valence-corrected chi connectivity index (χ2v) is 18.9. The van der Waals surface area contributed by atoms with Gasteiger partial charge in [-0.2, -0.15) is 0 Å². The van der Waals surface area contributed by atoms with Crippen LogP contribution in [0.15, 0.2) is 109 Å². The maximum absolute atomic E-state index is 15.4. The number of carboxylic acid groups (broad SMARTS) is 2. The number of carboxylic acids is 2. The molecule has 4 aromatic rings. The number of ether oxygens (including phenoxy) is 4. The van der Waals surface area contributed by atoms with Crippen molar-refractivity contribution in [1.82, 2.24) is 9.80 Å². The first kappa shape index (κ1) is 51.2. The molecule has 6 atom stereocenters. The molecule has 14 heteroatoms. The molecule has 4 aromatic carbocycles. The van der Waals surface area contributed by atoms with Crippen LogP contribution in [0.1, 0.15) is 102 Å². The molecule has 3 fully saturated rings. The molecule has 2 amide bonds. The largest absolute Gasteiger partial charge is 0.478 e. The highest BCUT2D eigenvalue weighted by Crippen LogP contribution is 2.51. The van der Waals surface area contributed by atoms with E-state index in [1.807, 2.05) is 98.8 Å². The van der Waals surface area contributed by atoms with E-state index < -0.39 is 83.4 Å². The molecule has 0 aromatic heterocycles. The van der Waals surface area contributed by atoms with Crippen LogP contribution in [0, 0.1) is 35.5 Å². The minimum atomic E-state index is -1.65. The molecule has 2 N–H and O–H groups in total. The summed E-state index contributed by atoms with van der Waals surface area (Å²) in [5.74, 6) is -10.9. The zero-order chi connectivity index (χ0) is 49.6. The van der Waals surface area contributed by atoms with Crippen LogP contribution in [0.25, 0.3) is 0 Å². The summed E-state index contributed by atoms with van der Waals surface area (Å²) in [6.07, 6.45) is 4.76. The van der Waals surface area contributed by atoms with Crippen molar-refractivity contribution in [3.05, 3.63) is 120 Å². The fraction of sp³-hybridized carbons (Fsp3) is 0.464. The third-order valence-electron chi connectivity index (χ3n) is 14.0. The van der Waals surface area contributed by atoms with Crippen LogP contribution >= 0.6 is 0 Å². The van der Waals surface area contributed by atoms with E-state index in [1.54, 1.807) is 34.1 Å². The molecule has 3 saturated carbocycles. The molecular weight excluding hydrogens is 893 g/mol. The first-order chi connectivity index (χ1) is 33.9. The van der Waals surface area contributed by atoms with E-state index in [0.29, 0.717) is 61.5 Å². The van der Waals surface area contributed by atoms with E-state index >= 15 is 9.59 Å². The number of rotatable bonds is 22. The Labute approximate surface area is 410 Å². The van der Waals surface area contributed by atoms with Crippen LogP contribution < -0.4 is 9.47 Å². The van der Waals surface area contributed by atoms with Gasteiger partial charge in [0.05, 0.1) is 23.7 Å². The summed E-state index contributed by atoms with van der Waals surface area (Å²) in [6, 6.07) is 33.0. The zero-order valence-corrected chi connectivity index (χ0v) is 40.2. The van der Waals surface area contributed by atoms with E-state index in [0.717, 1.165) is 49.7 Å². The molecule has 0 radical (unpaired) electrons. The number of para-hydroxylation sites is 2. The van der Waals surface area contributed by atoms with E-state index in [-0.39, 0.29) is 26.2 Å². The highest BCUT2D eigenvalue weighted by molar-refractivity contribution is 6.01. The first-order valence-corrected chi connectivity index (χ1v) is 25.0. The zero-order valence-electron chi connectivity index (χ0n) is 40.2. The van der Waals surface area contributed by atoms with Gasteiger partial charge in [-0.05, 0) is 98.2 Å². The van der Waals surface area contributed by atoms with Gasteiger partial charge in [-0.3, -0.25) is 19.2 Å². The van der Waals surface area contributed by atoms with Gasteiger partial charge in [-0.15, -0.1) is 0 Å². The maximum Gasteiger partial charge on any atom is 0.345 e. The minimum absolute atomic E-state index is 0.0747. The smallest absolute Gasteiger partial charge is 0.345 e. The molecule has 14 nitrogen and oxygen atoms in total. The van der Waals surface area contributed by atoms with Crippen LogP contribution in [-0.4, -0.2) is 81.0 Å². The Morgan fingerprint density at radius 3 is 1.11 bits per heavy atom. The predicted molar refractivity (Wildman–Crippen MR) is 259 cm³/mol. The average Bonchev–Trinajstić information content (AvgIpc) is 3.36. The lowest BCUT2D eigenvalue weighted by Crippen LogP contribution is -2.65. The Morgan fingerprint density at radius 1 is 0.471 bits per heavy atom.